The van der Waals surface area contributed by atoms with Crippen LogP contribution in [0.1, 0.15) is 87.9 Å². The number of nitrogens with two attached hydrogens (primary N) is 1. The number of aromatic nitrogens is 3. The molecule has 0 fully saturated rings. The van der Waals surface area contributed by atoms with Gasteiger partial charge < -0.3 is 41.3 Å². The van der Waals surface area contributed by atoms with E-state index in [0.29, 0.717) is 46.6 Å². The number of aryl methyl sites for hydroxylation is 3. The molecule has 50 heavy (non-hydrogen) atoms. The maximum Gasteiger partial charge on any atom is 0.261 e. The second-order valence-electron chi connectivity index (χ2n) is 11.0. The average molecular weight is 694 g/mol. The Bertz CT molecular complexity index is 1670. The van der Waals surface area contributed by atoms with Crippen LogP contribution < -0.4 is 26.7 Å². The third-order valence-corrected chi connectivity index (χ3v) is 7.56. The largest absolute Gasteiger partial charge is 0.491 e. The fourth-order valence-electron chi connectivity index (χ4n) is 5.16. The molecule has 2 unspecified atom stereocenters. The van der Waals surface area contributed by atoms with Crippen molar-refractivity contribution in [3.63, 3.8) is 0 Å². The molecule has 2 heterocycles. The highest BCUT2D eigenvalue weighted by Gasteiger charge is 2.19. The number of aliphatic hydroxyl groups is 2. The van der Waals surface area contributed by atoms with Crippen LogP contribution in [0.3, 0.4) is 0 Å². The minimum atomic E-state index is -0.828. The van der Waals surface area contributed by atoms with Gasteiger partial charge >= 0.3 is 0 Å². The Morgan fingerprint density at radius 1 is 1.06 bits per heavy atom. The summed E-state index contributed by atoms with van der Waals surface area (Å²) < 4.78 is 5.85. The maximum atomic E-state index is 13.2. The van der Waals surface area contributed by atoms with Gasteiger partial charge in [-0.05, 0) is 74.1 Å². The number of amides is 1. The molecule has 1 amide bonds. The molecule has 0 radical (unpaired) electrons. The van der Waals surface area contributed by atoms with Crippen molar-refractivity contribution in [2.24, 2.45) is 10.7 Å². The number of aliphatic hydroxyl groups excluding tert-OH is 2. The van der Waals surface area contributed by atoms with Crippen molar-refractivity contribution in [2.45, 2.75) is 93.2 Å². The average Bonchev–Trinajstić information content (AvgIpc) is 3.54. The molecular weight excluding hydrogens is 634 g/mol. The number of pyridine rings is 1. The predicted molar refractivity (Wildman–Crippen MR) is 207 cm³/mol. The summed E-state index contributed by atoms with van der Waals surface area (Å²) in [7, 11) is 1.00. The molecule has 0 aliphatic rings. The Morgan fingerprint density at radius 3 is 2.42 bits per heavy atom. The van der Waals surface area contributed by atoms with E-state index in [4.69, 9.17) is 15.6 Å². The number of aromatic amines is 2. The van der Waals surface area contributed by atoms with E-state index in [1.807, 2.05) is 59.7 Å². The molecule has 2 aromatic heterocycles. The van der Waals surface area contributed by atoms with Gasteiger partial charge in [-0.15, -0.1) is 0 Å². The van der Waals surface area contributed by atoms with E-state index in [-0.39, 0.29) is 30.7 Å². The number of nitrogens with one attached hydrogen (secondary N) is 4. The van der Waals surface area contributed by atoms with Gasteiger partial charge in [0.05, 0.1) is 23.1 Å². The van der Waals surface area contributed by atoms with Crippen LogP contribution in [0.5, 0.6) is 5.75 Å². The normalized spacial score (nSPS) is 11.7. The summed E-state index contributed by atoms with van der Waals surface area (Å²) in [6, 6.07) is 11.3. The third-order valence-electron chi connectivity index (χ3n) is 7.56. The van der Waals surface area contributed by atoms with Gasteiger partial charge in [0.25, 0.3) is 11.5 Å². The third kappa shape index (κ3) is 12.6. The number of fused-ring (bicyclic) bond motifs is 1. The molecule has 12 heteroatoms. The molecule has 4 rings (SSSR count). The molecule has 0 saturated carbocycles. The number of H-pyrrole nitrogens is 2. The first-order valence-electron chi connectivity index (χ1n) is 17.6. The number of carbonyl (C=O) groups excluding carboxylic acids is 1. The molecule has 4 aromatic rings. The Labute approximate surface area is 297 Å². The number of imidazole rings is 1. The number of ether oxygens (including phenoxy) is 1. The molecule has 0 saturated heterocycles. The Hall–Kier alpha value is -4.68. The van der Waals surface area contributed by atoms with Gasteiger partial charge in [0, 0.05) is 38.0 Å². The number of benzene rings is 2. The molecule has 2 aromatic carbocycles. The van der Waals surface area contributed by atoms with Crippen LogP contribution in [0.25, 0.3) is 22.4 Å². The summed E-state index contributed by atoms with van der Waals surface area (Å²) in [6.45, 7) is 16.8. The lowest BCUT2D eigenvalue weighted by molar-refractivity contribution is 0.0932. The van der Waals surface area contributed by atoms with Crippen molar-refractivity contribution >= 4 is 29.0 Å². The fraction of sp³-hybridized carbons (Fsp3) is 0.474. The quantitative estimate of drug-likeness (QED) is 0.0593. The molecule has 12 nitrogen and oxygen atoms in total. The minimum Gasteiger partial charge on any atom is -0.491 e. The second kappa shape index (κ2) is 23.6. The van der Waals surface area contributed by atoms with Gasteiger partial charge in [-0.25, -0.2) is 4.98 Å². The van der Waals surface area contributed by atoms with Crippen LogP contribution >= 0.6 is 0 Å². The summed E-state index contributed by atoms with van der Waals surface area (Å²) in [5, 5.41) is 23.9. The van der Waals surface area contributed by atoms with E-state index in [1.54, 1.807) is 12.1 Å². The molecule has 0 aliphatic heterocycles. The summed E-state index contributed by atoms with van der Waals surface area (Å²) in [5.74, 6) is 0.893. The number of aliphatic imine (C=N–C) groups is 1. The van der Waals surface area contributed by atoms with E-state index in [1.165, 1.54) is 18.1 Å². The van der Waals surface area contributed by atoms with E-state index < -0.39 is 6.10 Å². The van der Waals surface area contributed by atoms with Crippen molar-refractivity contribution < 1.29 is 19.7 Å². The van der Waals surface area contributed by atoms with E-state index in [2.05, 4.69) is 50.5 Å². The van der Waals surface area contributed by atoms with Crippen molar-refractivity contribution in [2.75, 3.05) is 32.1 Å². The highest BCUT2D eigenvalue weighted by atomic mass is 16.5. The summed E-state index contributed by atoms with van der Waals surface area (Å²) >= 11 is 0. The number of rotatable bonds is 15. The number of anilines is 1. The molecule has 276 valence electrons. The standard InChI is InChI=1S/C33H43N7O4.2C2H6.CH4O/c1-5-7-23(10-12-35-19-34)38-32(42)25-16-28-27(15-20(25)3)39-31(40-28)30-26(11-13-36-33(30)43)37-17-24(41)18-44-29-9-8-22(6-2)14-21(29)4;3*1-2/h8-9,11,13-16,19,23-24,41H,5-7,10,12,17-18H2,1-4H3,(H2,34,35)(H,38,42)(H,39,40)(H2,36,37,43);2*1-2H3;2H,1H3. The summed E-state index contributed by atoms with van der Waals surface area (Å²) in [4.78, 5) is 40.9. The molecule has 0 aliphatic carbocycles. The molecule has 8 N–H and O–H groups in total. The van der Waals surface area contributed by atoms with Crippen molar-refractivity contribution in [3.05, 3.63) is 75.2 Å². The molecule has 0 spiro atoms. The number of hydrogen-bond donors (Lipinski definition) is 7. The summed E-state index contributed by atoms with van der Waals surface area (Å²) in [5.41, 5.74) is 10.6. The van der Waals surface area contributed by atoms with Gasteiger partial charge in [-0.1, -0.05) is 60.1 Å². The highest BCUT2D eigenvalue weighted by molar-refractivity contribution is 5.99. The zero-order valence-electron chi connectivity index (χ0n) is 31.3. The maximum absolute atomic E-state index is 13.2. The smallest absolute Gasteiger partial charge is 0.261 e. The van der Waals surface area contributed by atoms with E-state index in [9.17, 15) is 14.7 Å². The first-order valence-corrected chi connectivity index (χ1v) is 17.6. The molecular formula is C38H59N7O5. The molecule has 2 atom stereocenters. The fourth-order valence-corrected chi connectivity index (χ4v) is 5.16. The highest BCUT2D eigenvalue weighted by Crippen LogP contribution is 2.26. The Kier molecular flexibility index (Phi) is 20.5. The zero-order chi connectivity index (χ0) is 37.6. The van der Waals surface area contributed by atoms with Crippen molar-refractivity contribution in [1.82, 2.24) is 20.3 Å². The van der Waals surface area contributed by atoms with Crippen LogP contribution in [-0.2, 0) is 6.42 Å². The Balaban J connectivity index is 0.00000197. The number of nitrogens with zero attached hydrogens (tertiary/aromatic N) is 2. The van der Waals surface area contributed by atoms with Gasteiger partial charge in [-0.3, -0.25) is 14.6 Å². The van der Waals surface area contributed by atoms with Gasteiger partial charge in [-0.2, -0.15) is 0 Å². The van der Waals surface area contributed by atoms with Crippen LogP contribution in [0, 0.1) is 13.8 Å². The monoisotopic (exact) mass is 693 g/mol. The van der Waals surface area contributed by atoms with Gasteiger partial charge in [0.15, 0.2) is 0 Å². The van der Waals surface area contributed by atoms with Crippen LogP contribution in [0.15, 0.2) is 52.4 Å². The lowest BCUT2D eigenvalue weighted by atomic mass is 10.0. The Morgan fingerprint density at radius 2 is 1.78 bits per heavy atom. The topological polar surface area (TPSA) is 191 Å². The van der Waals surface area contributed by atoms with Crippen LogP contribution in [0.4, 0.5) is 5.69 Å². The van der Waals surface area contributed by atoms with E-state index in [0.717, 1.165) is 43.2 Å². The molecule has 0 bridgehead atoms. The zero-order valence-corrected chi connectivity index (χ0v) is 31.3. The van der Waals surface area contributed by atoms with Crippen LogP contribution in [0.2, 0.25) is 0 Å². The van der Waals surface area contributed by atoms with Gasteiger partial charge in [0.1, 0.15) is 29.8 Å². The SMILES string of the molecule is CC.CC.CCCC(CCN=CN)NC(=O)c1cc2nc(-c3c(NCC(O)COc4ccc(CC)cc4C)cc[nH]c3=O)[nH]c2cc1C.CO. The predicted octanol–water partition coefficient (Wildman–Crippen LogP) is 5.89. The minimum absolute atomic E-state index is 0.0241. The number of hydrogen-bond acceptors (Lipinski definition) is 8. The van der Waals surface area contributed by atoms with Gasteiger partial charge in [0.2, 0.25) is 0 Å². The van der Waals surface area contributed by atoms with Crippen molar-refractivity contribution in [1.29, 1.82) is 0 Å². The van der Waals surface area contributed by atoms with Crippen LogP contribution in [-0.4, -0.2) is 76.4 Å². The lowest BCUT2D eigenvalue weighted by Crippen LogP contribution is -2.35. The number of carbonyl (C=O) groups is 1. The second-order valence-corrected chi connectivity index (χ2v) is 11.0. The van der Waals surface area contributed by atoms with E-state index >= 15 is 0 Å². The lowest BCUT2D eigenvalue weighted by Gasteiger charge is -2.18. The first kappa shape index (κ1) is 43.3. The summed E-state index contributed by atoms with van der Waals surface area (Å²) in [6.07, 6.45) is 5.39. The first-order chi connectivity index (χ1) is 24.2. The van der Waals surface area contributed by atoms with Crippen molar-refractivity contribution in [3.8, 4) is 17.1 Å².